The van der Waals surface area contributed by atoms with E-state index in [1.54, 1.807) is 0 Å². The lowest BCUT2D eigenvalue weighted by atomic mass is 9.94. The molecule has 1 amide bonds. The molecular formula is C17H26N2O2. The van der Waals surface area contributed by atoms with Crippen molar-refractivity contribution in [2.24, 2.45) is 11.7 Å². The van der Waals surface area contributed by atoms with E-state index in [-0.39, 0.29) is 17.9 Å². The van der Waals surface area contributed by atoms with E-state index in [1.165, 1.54) is 6.42 Å². The molecule has 2 atom stereocenters. The zero-order valence-corrected chi connectivity index (χ0v) is 13.0. The Balaban J connectivity index is 2.04. The molecule has 1 aliphatic rings. The number of aryl methyl sites for hydroxylation is 1. The number of rotatable bonds is 4. The van der Waals surface area contributed by atoms with Gasteiger partial charge in [-0.3, -0.25) is 4.79 Å². The first-order valence-electron chi connectivity index (χ1n) is 7.91. The molecule has 4 nitrogen and oxygen atoms in total. The average Bonchev–Trinajstić information content (AvgIpc) is 2.67. The van der Waals surface area contributed by atoms with Gasteiger partial charge in [0.05, 0.1) is 12.5 Å². The smallest absolute Gasteiger partial charge is 0.229 e. The molecule has 2 rings (SSSR count). The summed E-state index contributed by atoms with van der Waals surface area (Å²) in [5.74, 6) is 0.814. The summed E-state index contributed by atoms with van der Waals surface area (Å²) in [6.45, 7) is 4.58. The molecule has 1 aliphatic carbocycles. The standard InChI is InChI=1S/C17H26N2O2/c1-3-21-13-9-10-16(12(2)11-13)19-17(20)14-7-5-4-6-8-15(14)18/h9-11,14-15H,3-8,18H2,1-2H3,(H,19,20). The molecule has 116 valence electrons. The van der Waals surface area contributed by atoms with Crippen molar-refractivity contribution in [2.75, 3.05) is 11.9 Å². The lowest BCUT2D eigenvalue weighted by Crippen LogP contribution is -2.37. The Labute approximate surface area is 127 Å². The van der Waals surface area contributed by atoms with Gasteiger partial charge in [0, 0.05) is 11.7 Å². The van der Waals surface area contributed by atoms with E-state index >= 15 is 0 Å². The quantitative estimate of drug-likeness (QED) is 0.837. The van der Waals surface area contributed by atoms with Crippen LogP contribution in [0, 0.1) is 12.8 Å². The molecule has 0 aromatic heterocycles. The van der Waals surface area contributed by atoms with E-state index in [0.29, 0.717) is 6.61 Å². The van der Waals surface area contributed by atoms with Gasteiger partial charge >= 0.3 is 0 Å². The van der Waals surface area contributed by atoms with Crippen LogP contribution >= 0.6 is 0 Å². The number of benzene rings is 1. The molecule has 2 unspecified atom stereocenters. The number of nitrogens with two attached hydrogens (primary N) is 1. The second-order valence-corrected chi connectivity index (χ2v) is 5.81. The Bertz CT molecular complexity index is 488. The van der Waals surface area contributed by atoms with Crippen molar-refractivity contribution in [3.63, 3.8) is 0 Å². The monoisotopic (exact) mass is 290 g/mol. The molecular weight excluding hydrogens is 264 g/mol. The van der Waals surface area contributed by atoms with Gasteiger partial charge < -0.3 is 15.8 Å². The van der Waals surface area contributed by atoms with E-state index in [0.717, 1.165) is 42.7 Å². The van der Waals surface area contributed by atoms with Gasteiger partial charge in [0.15, 0.2) is 0 Å². The SMILES string of the molecule is CCOc1ccc(NC(=O)C2CCCCCC2N)c(C)c1. The van der Waals surface area contributed by atoms with Crippen LogP contribution in [0.5, 0.6) is 5.75 Å². The zero-order chi connectivity index (χ0) is 15.2. The third-order valence-electron chi connectivity index (χ3n) is 4.17. The first-order chi connectivity index (χ1) is 10.1. The molecule has 0 heterocycles. The van der Waals surface area contributed by atoms with E-state index in [1.807, 2.05) is 32.0 Å². The lowest BCUT2D eigenvalue weighted by Gasteiger charge is -2.21. The minimum atomic E-state index is -0.0709. The Morgan fingerprint density at radius 1 is 1.33 bits per heavy atom. The number of amides is 1. The zero-order valence-electron chi connectivity index (χ0n) is 13.0. The highest BCUT2D eigenvalue weighted by Crippen LogP contribution is 2.26. The fourth-order valence-electron chi connectivity index (χ4n) is 2.92. The number of hydrogen-bond donors (Lipinski definition) is 2. The highest BCUT2D eigenvalue weighted by atomic mass is 16.5. The van der Waals surface area contributed by atoms with Crippen molar-refractivity contribution in [1.82, 2.24) is 0 Å². The van der Waals surface area contributed by atoms with Crippen LogP contribution in [0.2, 0.25) is 0 Å². The molecule has 1 aromatic rings. The number of carbonyl (C=O) groups is 1. The van der Waals surface area contributed by atoms with Gasteiger partial charge in [-0.15, -0.1) is 0 Å². The van der Waals surface area contributed by atoms with Crippen molar-refractivity contribution in [1.29, 1.82) is 0 Å². The molecule has 1 aromatic carbocycles. The van der Waals surface area contributed by atoms with Crippen LogP contribution in [-0.4, -0.2) is 18.6 Å². The molecule has 3 N–H and O–H groups in total. The molecule has 0 spiro atoms. The van der Waals surface area contributed by atoms with Gasteiger partial charge in [0.1, 0.15) is 5.75 Å². The first-order valence-corrected chi connectivity index (χ1v) is 7.91. The maximum atomic E-state index is 12.5. The molecule has 21 heavy (non-hydrogen) atoms. The summed E-state index contributed by atoms with van der Waals surface area (Å²) in [6.07, 6.45) is 5.24. The number of anilines is 1. The molecule has 1 saturated carbocycles. The summed E-state index contributed by atoms with van der Waals surface area (Å²) in [4.78, 5) is 12.5. The van der Waals surface area contributed by atoms with E-state index in [2.05, 4.69) is 5.32 Å². The highest BCUT2D eigenvalue weighted by Gasteiger charge is 2.27. The highest BCUT2D eigenvalue weighted by molar-refractivity contribution is 5.93. The van der Waals surface area contributed by atoms with Crippen LogP contribution in [-0.2, 0) is 4.79 Å². The van der Waals surface area contributed by atoms with Crippen LogP contribution in [0.1, 0.15) is 44.6 Å². The lowest BCUT2D eigenvalue weighted by molar-refractivity contribution is -0.120. The van der Waals surface area contributed by atoms with E-state index < -0.39 is 0 Å². The third-order valence-corrected chi connectivity index (χ3v) is 4.17. The predicted molar refractivity (Wildman–Crippen MR) is 85.5 cm³/mol. The summed E-state index contributed by atoms with van der Waals surface area (Å²) in [6, 6.07) is 5.72. The van der Waals surface area contributed by atoms with Gasteiger partial charge in [-0.25, -0.2) is 0 Å². The molecule has 4 heteroatoms. The molecule has 0 saturated heterocycles. The number of ether oxygens (including phenoxy) is 1. The predicted octanol–water partition coefficient (Wildman–Crippen LogP) is 3.24. The van der Waals surface area contributed by atoms with Crippen molar-refractivity contribution >= 4 is 11.6 Å². The Kier molecular flexibility index (Phi) is 5.62. The van der Waals surface area contributed by atoms with Crippen LogP contribution < -0.4 is 15.8 Å². The summed E-state index contributed by atoms with van der Waals surface area (Å²) < 4.78 is 5.46. The fourth-order valence-corrected chi connectivity index (χ4v) is 2.92. The second kappa shape index (κ2) is 7.46. The van der Waals surface area contributed by atoms with E-state index in [9.17, 15) is 4.79 Å². The number of hydrogen-bond acceptors (Lipinski definition) is 3. The van der Waals surface area contributed by atoms with Crippen LogP contribution in [0.4, 0.5) is 5.69 Å². The molecule has 0 radical (unpaired) electrons. The average molecular weight is 290 g/mol. The minimum absolute atomic E-state index is 0.0181. The van der Waals surface area contributed by atoms with Crippen LogP contribution in [0.3, 0.4) is 0 Å². The van der Waals surface area contributed by atoms with Gasteiger partial charge in [0.25, 0.3) is 0 Å². The largest absolute Gasteiger partial charge is 0.494 e. The van der Waals surface area contributed by atoms with Gasteiger partial charge in [-0.2, -0.15) is 0 Å². The first kappa shape index (κ1) is 15.8. The van der Waals surface area contributed by atoms with Crippen LogP contribution in [0.15, 0.2) is 18.2 Å². The minimum Gasteiger partial charge on any atom is -0.494 e. The van der Waals surface area contributed by atoms with E-state index in [4.69, 9.17) is 10.5 Å². The Morgan fingerprint density at radius 2 is 2.10 bits per heavy atom. The van der Waals surface area contributed by atoms with Crippen molar-refractivity contribution in [3.8, 4) is 5.75 Å². The summed E-state index contributed by atoms with van der Waals surface area (Å²) in [7, 11) is 0. The molecule has 0 bridgehead atoms. The number of nitrogens with one attached hydrogen (secondary N) is 1. The summed E-state index contributed by atoms with van der Waals surface area (Å²) in [5.41, 5.74) is 8.01. The topological polar surface area (TPSA) is 64.3 Å². The molecule has 0 aliphatic heterocycles. The second-order valence-electron chi connectivity index (χ2n) is 5.81. The van der Waals surface area contributed by atoms with Crippen molar-refractivity contribution in [2.45, 2.75) is 52.0 Å². The Hall–Kier alpha value is -1.55. The number of carbonyl (C=O) groups excluding carboxylic acids is 1. The van der Waals surface area contributed by atoms with Gasteiger partial charge in [0.2, 0.25) is 5.91 Å². The summed E-state index contributed by atoms with van der Waals surface area (Å²) >= 11 is 0. The fraction of sp³-hybridized carbons (Fsp3) is 0.588. The maximum absolute atomic E-state index is 12.5. The maximum Gasteiger partial charge on any atom is 0.229 e. The third kappa shape index (κ3) is 4.21. The van der Waals surface area contributed by atoms with Crippen molar-refractivity contribution < 1.29 is 9.53 Å². The van der Waals surface area contributed by atoms with Gasteiger partial charge in [-0.05, 0) is 50.5 Å². The Morgan fingerprint density at radius 3 is 2.81 bits per heavy atom. The van der Waals surface area contributed by atoms with Gasteiger partial charge in [-0.1, -0.05) is 19.3 Å². The normalized spacial score (nSPS) is 22.4. The molecule has 1 fully saturated rings. The summed E-state index contributed by atoms with van der Waals surface area (Å²) in [5, 5.41) is 3.03. The van der Waals surface area contributed by atoms with Crippen molar-refractivity contribution in [3.05, 3.63) is 23.8 Å². The van der Waals surface area contributed by atoms with Crippen LogP contribution in [0.25, 0.3) is 0 Å².